The van der Waals surface area contributed by atoms with E-state index in [9.17, 15) is 8.78 Å². The van der Waals surface area contributed by atoms with E-state index in [0.29, 0.717) is 16.4 Å². The van der Waals surface area contributed by atoms with Crippen LogP contribution in [-0.2, 0) is 11.3 Å². The average Bonchev–Trinajstić information content (AvgIpc) is 3.29. The third kappa shape index (κ3) is 4.13. The van der Waals surface area contributed by atoms with Crippen molar-refractivity contribution < 1.29 is 13.5 Å². The van der Waals surface area contributed by atoms with Gasteiger partial charge in [-0.1, -0.05) is 23.7 Å². The first-order valence-electron chi connectivity index (χ1n) is 8.66. The van der Waals surface area contributed by atoms with Crippen molar-refractivity contribution in [2.24, 2.45) is 4.99 Å². The van der Waals surface area contributed by atoms with Crippen LogP contribution in [-0.4, -0.2) is 17.3 Å². The minimum Gasteiger partial charge on any atom is -0.376 e. The van der Waals surface area contributed by atoms with Gasteiger partial charge in [-0.2, -0.15) is 0 Å². The van der Waals surface area contributed by atoms with Crippen molar-refractivity contribution in [3.63, 3.8) is 0 Å². The van der Waals surface area contributed by atoms with Crippen molar-refractivity contribution in [3.05, 3.63) is 69.3 Å². The first kappa shape index (κ1) is 18.3. The Labute approximate surface area is 164 Å². The molecule has 0 amide bonds. The Balaban J connectivity index is 1.80. The molecule has 1 atom stereocenters. The Morgan fingerprint density at radius 2 is 2.00 bits per heavy atom. The van der Waals surface area contributed by atoms with Gasteiger partial charge in [0.15, 0.2) is 10.6 Å². The summed E-state index contributed by atoms with van der Waals surface area (Å²) in [5.74, 6) is -1.30. The molecular weight excluding hydrogens is 390 g/mol. The monoisotopic (exact) mass is 406 g/mol. The lowest BCUT2D eigenvalue weighted by molar-refractivity contribution is 0.0968. The molecular formula is C20H17ClF2N2OS. The molecule has 1 aliphatic heterocycles. The lowest BCUT2D eigenvalue weighted by Gasteiger charge is -2.14. The van der Waals surface area contributed by atoms with Gasteiger partial charge >= 0.3 is 0 Å². The molecule has 0 radical (unpaired) electrons. The number of thiazole rings is 1. The van der Waals surface area contributed by atoms with Gasteiger partial charge in [-0.15, -0.1) is 11.3 Å². The van der Waals surface area contributed by atoms with Gasteiger partial charge in [-0.25, -0.2) is 13.8 Å². The standard InChI is InChI=1S/C20H17ClF2N2OS/c21-14-5-3-13(4-6-14)19-12-27-20(25(19)11-16-2-1-9-26-16)24-18-8-7-15(22)10-17(18)23/h3-8,10,12,16H,1-2,9,11H2. The minimum atomic E-state index is -0.680. The molecule has 3 aromatic rings. The Hall–Kier alpha value is -2.02. The fourth-order valence-corrected chi connectivity index (χ4v) is 4.17. The molecule has 27 heavy (non-hydrogen) atoms. The Morgan fingerprint density at radius 1 is 1.19 bits per heavy atom. The van der Waals surface area contributed by atoms with E-state index in [1.54, 1.807) is 0 Å². The highest BCUT2D eigenvalue weighted by Crippen LogP contribution is 2.25. The maximum absolute atomic E-state index is 14.1. The van der Waals surface area contributed by atoms with E-state index in [-0.39, 0.29) is 11.8 Å². The lowest BCUT2D eigenvalue weighted by Crippen LogP contribution is -2.24. The smallest absolute Gasteiger partial charge is 0.190 e. The molecule has 140 valence electrons. The van der Waals surface area contributed by atoms with E-state index in [0.717, 1.165) is 36.8 Å². The number of benzene rings is 2. The fraction of sp³-hybridized carbons (Fsp3) is 0.250. The minimum absolute atomic E-state index is 0.0997. The molecule has 1 saturated heterocycles. The molecule has 0 aliphatic carbocycles. The van der Waals surface area contributed by atoms with Crippen molar-refractivity contribution in [2.45, 2.75) is 25.5 Å². The summed E-state index contributed by atoms with van der Waals surface area (Å²) in [6.07, 6.45) is 2.11. The summed E-state index contributed by atoms with van der Waals surface area (Å²) in [4.78, 5) is 5.09. The summed E-state index contributed by atoms with van der Waals surface area (Å²) in [7, 11) is 0. The molecule has 4 rings (SSSR count). The van der Waals surface area contributed by atoms with Crippen LogP contribution in [0.3, 0.4) is 0 Å². The third-order valence-corrected chi connectivity index (χ3v) is 5.59. The van der Waals surface area contributed by atoms with Gasteiger partial charge in [0.05, 0.1) is 18.3 Å². The van der Waals surface area contributed by atoms with Gasteiger partial charge in [0.25, 0.3) is 0 Å². The molecule has 1 unspecified atom stereocenters. The van der Waals surface area contributed by atoms with Gasteiger partial charge in [0.1, 0.15) is 11.5 Å². The van der Waals surface area contributed by atoms with Gasteiger partial charge < -0.3 is 9.30 Å². The molecule has 0 saturated carbocycles. The number of hydrogen-bond acceptors (Lipinski definition) is 3. The summed E-state index contributed by atoms with van der Waals surface area (Å²) >= 11 is 7.42. The first-order chi connectivity index (χ1) is 13.1. The van der Waals surface area contributed by atoms with E-state index in [4.69, 9.17) is 16.3 Å². The van der Waals surface area contributed by atoms with E-state index in [1.165, 1.54) is 23.5 Å². The summed E-state index contributed by atoms with van der Waals surface area (Å²) in [5.41, 5.74) is 2.07. The van der Waals surface area contributed by atoms with Crippen LogP contribution in [0.5, 0.6) is 0 Å². The number of hydrogen-bond donors (Lipinski definition) is 0. The van der Waals surface area contributed by atoms with Crippen LogP contribution >= 0.6 is 22.9 Å². The zero-order valence-corrected chi connectivity index (χ0v) is 15.9. The molecule has 0 N–H and O–H groups in total. The van der Waals surface area contributed by atoms with Crippen LogP contribution in [0.15, 0.2) is 52.8 Å². The fourth-order valence-electron chi connectivity index (χ4n) is 3.11. The highest BCUT2D eigenvalue weighted by Gasteiger charge is 2.19. The molecule has 2 aromatic carbocycles. The number of nitrogens with zero attached hydrogens (tertiary/aromatic N) is 2. The van der Waals surface area contributed by atoms with E-state index >= 15 is 0 Å². The predicted molar refractivity (Wildman–Crippen MR) is 103 cm³/mol. The normalized spacial score (nSPS) is 17.6. The topological polar surface area (TPSA) is 26.5 Å². The van der Waals surface area contributed by atoms with E-state index in [1.807, 2.05) is 34.2 Å². The molecule has 1 fully saturated rings. The molecule has 1 aliphatic rings. The largest absolute Gasteiger partial charge is 0.376 e. The highest BCUT2D eigenvalue weighted by molar-refractivity contribution is 7.07. The molecule has 1 aromatic heterocycles. The van der Waals surface area contributed by atoms with Crippen LogP contribution in [0.25, 0.3) is 11.3 Å². The van der Waals surface area contributed by atoms with Crippen LogP contribution in [0, 0.1) is 11.6 Å². The van der Waals surface area contributed by atoms with Gasteiger partial charge in [-0.05, 0) is 42.7 Å². The van der Waals surface area contributed by atoms with Crippen molar-refractivity contribution in [3.8, 4) is 11.3 Å². The van der Waals surface area contributed by atoms with Gasteiger partial charge in [0.2, 0.25) is 0 Å². The van der Waals surface area contributed by atoms with Crippen LogP contribution in [0.2, 0.25) is 5.02 Å². The van der Waals surface area contributed by atoms with Crippen LogP contribution in [0.1, 0.15) is 12.8 Å². The van der Waals surface area contributed by atoms with Gasteiger partial charge in [-0.3, -0.25) is 0 Å². The Kier molecular flexibility index (Phi) is 5.38. The molecule has 3 nitrogen and oxygen atoms in total. The zero-order valence-electron chi connectivity index (χ0n) is 14.4. The second-order valence-corrected chi connectivity index (χ2v) is 7.64. The second kappa shape index (κ2) is 7.92. The number of rotatable bonds is 4. The van der Waals surface area contributed by atoms with Crippen molar-refractivity contribution in [2.75, 3.05) is 6.61 Å². The van der Waals surface area contributed by atoms with Crippen LogP contribution < -0.4 is 4.80 Å². The van der Waals surface area contributed by atoms with Crippen LogP contribution in [0.4, 0.5) is 14.5 Å². The van der Waals surface area contributed by atoms with Crippen molar-refractivity contribution in [1.29, 1.82) is 0 Å². The maximum atomic E-state index is 14.1. The van der Waals surface area contributed by atoms with E-state index < -0.39 is 11.6 Å². The highest BCUT2D eigenvalue weighted by atomic mass is 35.5. The van der Waals surface area contributed by atoms with Crippen molar-refractivity contribution >= 4 is 28.6 Å². The molecule has 2 heterocycles. The average molecular weight is 407 g/mol. The summed E-state index contributed by atoms with van der Waals surface area (Å²) in [6.45, 7) is 1.38. The third-order valence-electron chi connectivity index (χ3n) is 4.47. The Morgan fingerprint density at radius 3 is 2.70 bits per heavy atom. The zero-order chi connectivity index (χ0) is 18.8. The maximum Gasteiger partial charge on any atom is 0.190 e. The molecule has 0 spiro atoms. The second-order valence-electron chi connectivity index (χ2n) is 6.36. The van der Waals surface area contributed by atoms with E-state index in [2.05, 4.69) is 4.99 Å². The number of halogens is 3. The quantitative estimate of drug-likeness (QED) is 0.557. The number of ether oxygens (including phenoxy) is 1. The summed E-state index contributed by atoms with van der Waals surface area (Å²) in [5, 5.41) is 2.65. The molecule has 7 heteroatoms. The Bertz CT molecular complexity index is 1010. The SMILES string of the molecule is Fc1ccc(N=c2scc(-c3ccc(Cl)cc3)n2CC2CCCO2)c(F)c1. The van der Waals surface area contributed by atoms with Crippen molar-refractivity contribution in [1.82, 2.24) is 4.57 Å². The molecule has 0 bridgehead atoms. The first-order valence-corrected chi connectivity index (χ1v) is 9.91. The lowest BCUT2D eigenvalue weighted by atomic mass is 10.1. The summed E-state index contributed by atoms with van der Waals surface area (Å²) < 4.78 is 35.1. The van der Waals surface area contributed by atoms with Gasteiger partial charge in [0, 0.05) is 23.1 Å². The summed E-state index contributed by atoms with van der Waals surface area (Å²) in [6, 6.07) is 11.0. The number of aromatic nitrogens is 1. The predicted octanol–water partition coefficient (Wildman–Crippen LogP) is 5.56.